The first kappa shape index (κ1) is 20.0. The number of likely N-dealkylation sites (tertiary alicyclic amines) is 1. The molecule has 160 valence electrons. The Morgan fingerprint density at radius 2 is 2.13 bits per heavy atom. The summed E-state index contributed by atoms with van der Waals surface area (Å²) in [5.41, 5.74) is 3.40. The Hall–Kier alpha value is -2.90. The van der Waals surface area contributed by atoms with Crippen molar-refractivity contribution in [2.75, 3.05) is 13.7 Å². The maximum atomic E-state index is 13.7. The van der Waals surface area contributed by atoms with E-state index in [1.54, 1.807) is 12.1 Å². The second-order valence-corrected chi connectivity index (χ2v) is 8.22. The van der Waals surface area contributed by atoms with E-state index in [0.29, 0.717) is 23.0 Å². The molecule has 1 fully saturated rings. The van der Waals surface area contributed by atoms with Crippen molar-refractivity contribution >= 4 is 22.6 Å². The molecule has 1 aliphatic heterocycles. The zero-order valence-corrected chi connectivity index (χ0v) is 18.0. The second-order valence-electron chi connectivity index (χ2n) is 7.78. The number of aromatic amines is 1. The number of hydrogen-bond donors (Lipinski definition) is 1. The van der Waals surface area contributed by atoms with Crippen LogP contribution in [0, 0.1) is 12.7 Å². The molecule has 3 heterocycles. The van der Waals surface area contributed by atoms with Crippen LogP contribution in [0.15, 0.2) is 40.8 Å². The quantitative estimate of drug-likeness (QED) is 0.433. The second kappa shape index (κ2) is 7.98. The first-order chi connectivity index (χ1) is 15.0. The number of nitrogens with zero attached hydrogens (tertiary/aromatic N) is 3. The van der Waals surface area contributed by atoms with Gasteiger partial charge in [0, 0.05) is 17.1 Å². The highest BCUT2D eigenvalue weighted by Crippen LogP contribution is 2.34. The Morgan fingerprint density at radius 3 is 2.97 bits per heavy atom. The maximum Gasteiger partial charge on any atom is 0.226 e. The number of fused-ring (bicyclic) bond motifs is 1. The Kier molecular flexibility index (Phi) is 5.16. The molecule has 1 atom stereocenters. The predicted octanol–water partition coefficient (Wildman–Crippen LogP) is 5.66. The number of methoxy groups -OCH3 is 1. The van der Waals surface area contributed by atoms with E-state index < -0.39 is 5.82 Å². The van der Waals surface area contributed by atoms with E-state index in [9.17, 15) is 4.39 Å². The standard InChI is InChI=1S/C23H22ClFN4O2/c1-13-19(28-23(31-13)14-5-7-16(25)21(10-14)30-2)12-29-9-3-4-20(29)22-26-17-8-6-15(24)11-18(17)27-22/h5-8,10-11,20H,3-4,9,12H2,1-2H3,(H,26,27)/t20-/m0/s1. The largest absolute Gasteiger partial charge is 0.494 e. The van der Waals surface area contributed by atoms with Gasteiger partial charge in [0.25, 0.3) is 0 Å². The molecule has 0 aliphatic carbocycles. The van der Waals surface area contributed by atoms with Crippen molar-refractivity contribution in [2.45, 2.75) is 32.4 Å². The molecule has 0 saturated carbocycles. The van der Waals surface area contributed by atoms with Gasteiger partial charge in [0.2, 0.25) is 5.89 Å². The Morgan fingerprint density at radius 1 is 1.26 bits per heavy atom. The van der Waals surface area contributed by atoms with Gasteiger partial charge in [0.05, 0.1) is 29.9 Å². The number of ether oxygens (including phenoxy) is 1. The van der Waals surface area contributed by atoms with E-state index in [1.807, 2.05) is 25.1 Å². The van der Waals surface area contributed by atoms with Crippen LogP contribution in [0.2, 0.25) is 5.02 Å². The third-order valence-corrected chi connectivity index (χ3v) is 6.02. The van der Waals surface area contributed by atoms with Crippen LogP contribution < -0.4 is 4.74 Å². The molecule has 2 aromatic heterocycles. The summed E-state index contributed by atoms with van der Waals surface area (Å²) in [7, 11) is 1.44. The summed E-state index contributed by atoms with van der Waals surface area (Å²) in [6.45, 7) is 3.51. The lowest BCUT2D eigenvalue weighted by Crippen LogP contribution is -2.24. The lowest BCUT2D eigenvalue weighted by molar-refractivity contribution is 0.237. The summed E-state index contributed by atoms with van der Waals surface area (Å²) in [4.78, 5) is 15.3. The van der Waals surface area contributed by atoms with Gasteiger partial charge in [-0.1, -0.05) is 11.6 Å². The Labute approximate surface area is 184 Å². The molecule has 1 aliphatic rings. The molecule has 2 aromatic carbocycles. The first-order valence-electron chi connectivity index (χ1n) is 10.2. The monoisotopic (exact) mass is 440 g/mol. The third kappa shape index (κ3) is 3.79. The van der Waals surface area contributed by atoms with E-state index in [1.165, 1.54) is 13.2 Å². The van der Waals surface area contributed by atoms with Crippen molar-refractivity contribution in [1.82, 2.24) is 19.9 Å². The van der Waals surface area contributed by atoms with Crippen LogP contribution in [0.5, 0.6) is 5.75 Å². The number of H-pyrrole nitrogens is 1. The number of rotatable bonds is 5. The minimum Gasteiger partial charge on any atom is -0.494 e. The summed E-state index contributed by atoms with van der Waals surface area (Å²) in [6.07, 6.45) is 2.11. The van der Waals surface area contributed by atoms with Gasteiger partial charge in [-0.3, -0.25) is 4.90 Å². The smallest absolute Gasteiger partial charge is 0.226 e. The fourth-order valence-corrected chi connectivity index (χ4v) is 4.34. The summed E-state index contributed by atoms with van der Waals surface area (Å²) in [5, 5.41) is 0.689. The molecular formula is C23H22ClFN4O2. The molecule has 0 amide bonds. The molecule has 0 bridgehead atoms. The van der Waals surface area contributed by atoms with Crippen molar-refractivity contribution in [3.63, 3.8) is 0 Å². The van der Waals surface area contributed by atoms with Crippen LogP contribution in [0.1, 0.15) is 36.2 Å². The van der Waals surface area contributed by atoms with Crippen LogP contribution in [0.4, 0.5) is 4.39 Å². The van der Waals surface area contributed by atoms with E-state index in [0.717, 1.165) is 47.7 Å². The van der Waals surface area contributed by atoms with Crippen LogP contribution in [-0.4, -0.2) is 33.5 Å². The number of nitrogens with one attached hydrogen (secondary N) is 1. The maximum absolute atomic E-state index is 13.7. The van der Waals surface area contributed by atoms with Crippen molar-refractivity contribution in [2.24, 2.45) is 0 Å². The first-order valence-corrected chi connectivity index (χ1v) is 10.6. The third-order valence-electron chi connectivity index (χ3n) is 5.79. The lowest BCUT2D eigenvalue weighted by atomic mass is 10.2. The number of halogens is 2. The number of benzene rings is 2. The highest BCUT2D eigenvalue weighted by Gasteiger charge is 2.30. The molecule has 1 saturated heterocycles. The molecule has 5 rings (SSSR count). The van der Waals surface area contributed by atoms with Gasteiger partial charge in [0.15, 0.2) is 11.6 Å². The molecule has 1 N–H and O–H groups in total. The Bertz CT molecular complexity index is 1250. The Balaban J connectivity index is 1.40. The molecule has 6 nitrogen and oxygen atoms in total. The summed E-state index contributed by atoms with van der Waals surface area (Å²) < 4.78 is 24.7. The molecular weight excluding hydrogens is 419 g/mol. The highest BCUT2D eigenvalue weighted by molar-refractivity contribution is 6.31. The molecule has 0 unspecified atom stereocenters. The van der Waals surface area contributed by atoms with E-state index in [2.05, 4.69) is 9.88 Å². The van der Waals surface area contributed by atoms with Gasteiger partial charge in [-0.25, -0.2) is 14.4 Å². The zero-order valence-electron chi connectivity index (χ0n) is 17.3. The summed E-state index contributed by atoms with van der Waals surface area (Å²) >= 11 is 6.12. The fraction of sp³-hybridized carbons (Fsp3) is 0.304. The topological polar surface area (TPSA) is 67.2 Å². The molecule has 4 aromatic rings. The zero-order chi connectivity index (χ0) is 21.5. The van der Waals surface area contributed by atoms with Crippen molar-refractivity contribution in [3.8, 4) is 17.2 Å². The summed E-state index contributed by atoms with van der Waals surface area (Å²) in [6, 6.07) is 10.5. The molecule has 31 heavy (non-hydrogen) atoms. The van der Waals surface area contributed by atoms with Gasteiger partial charge >= 0.3 is 0 Å². The number of aryl methyl sites for hydroxylation is 1. The molecule has 0 radical (unpaired) electrons. The van der Waals surface area contributed by atoms with Crippen LogP contribution in [0.25, 0.3) is 22.5 Å². The lowest BCUT2D eigenvalue weighted by Gasteiger charge is -2.21. The predicted molar refractivity (Wildman–Crippen MR) is 117 cm³/mol. The van der Waals surface area contributed by atoms with Crippen LogP contribution in [-0.2, 0) is 6.54 Å². The SMILES string of the molecule is COc1cc(-c2nc(CN3CCC[C@H]3c3nc4ccc(Cl)cc4[nH]3)c(C)o2)ccc1F. The average Bonchev–Trinajstić information content (AvgIpc) is 3.47. The molecule has 0 spiro atoms. The van der Waals surface area contributed by atoms with Crippen molar-refractivity contribution in [1.29, 1.82) is 0 Å². The minimum absolute atomic E-state index is 0.166. The van der Waals surface area contributed by atoms with Gasteiger partial charge in [-0.2, -0.15) is 0 Å². The summed E-state index contributed by atoms with van der Waals surface area (Å²) in [5.74, 6) is 1.90. The van der Waals surface area contributed by atoms with E-state index in [-0.39, 0.29) is 11.8 Å². The number of hydrogen-bond acceptors (Lipinski definition) is 5. The van der Waals surface area contributed by atoms with E-state index in [4.69, 9.17) is 30.7 Å². The van der Waals surface area contributed by atoms with Gasteiger partial charge in [0.1, 0.15) is 11.6 Å². The van der Waals surface area contributed by atoms with E-state index >= 15 is 0 Å². The molecule has 8 heteroatoms. The van der Waals surface area contributed by atoms with Crippen molar-refractivity contribution in [3.05, 3.63) is 64.5 Å². The van der Waals surface area contributed by atoms with Crippen molar-refractivity contribution < 1.29 is 13.5 Å². The average molecular weight is 441 g/mol. The van der Waals surface area contributed by atoms with Crippen LogP contribution >= 0.6 is 11.6 Å². The highest BCUT2D eigenvalue weighted by atomic mass is 35.5. The van der Waals surface area contributed by atoms with Gasteiger partial charge in [-0.05, 0) is 62.7 Å². The normalized spacial score (nSPS) is 17.0. The fourth-order valence-electron chi connectivity index (χ4n) is 4.17. The minimum atomic E-state index is -0.415. The van der Waals surface area contributed by atoms with Gasteiger partial charge < -0.3 is 14.1 Å². The number of aromatic nitrogens is 3. The van der Waals surface area contributed by atoms with Crippen LogP contribution in [0.3, 0.4) is 0 Å². The van der Waals surface area contributed by atoms with Gasteiger partial charge in [-0.15, -0.1) is 0 Å². The number of oxazole rings is 1. The number of imidazole rings is 1.